The summed E-state index contributed by atoms with van der Waals surface area (Å²) in [7, 11) is 0. The van der Waals surface area contributed by atoms with Crippen LogP contribution in [0.15, 0.2) is 12.2 Å². The third kappa shape index (κ3) is 59.4. The summed E-state index contributed by atoms with van der Waals surface area (Å²) in [6.45, 7) is 12.0. The van der Waals surface area contributed by atoms with Gasteiger partial charge in [0.05, 0.1) is 6.61 Å². The summed E-state index contributed by atoms with van der Waals surface area (Å²) >= 11 is 0. The summed E-state index contributed by atoms with van der Waals surface area (Å²) in [6.07, 6.45) is 6.11. The average molecular weight is 400 g/mol. The van der Waals surface area contributed by atoms with Gasteiger partial charge >= 0.3 is 5.97 Å². The van der Waals surface area contributed by atoms with Crippen molar-refractivity contribution in [2.75, 3.05) is 33.0 Å². The minimum Gasteiger partial charge on any atom is -0.460 e. The SMILES string of the molecule is C=C(C)C(=O)OCCO.CCCCO.CCCCO.CCCCO.[Ti]. The molecule has 0 fully saturated rings. The van der Waals surface area contributed by atoms with Gasteiger partial charge in [0.1, 0.15) is 6.61 Å². The van der Waals surface area contributed by atoms with E-state index in [1.54, 1.807) is 6.92 Å². The van der Waals surface area contributed by atoms with Crippen LogP contribution in [-0.2, 0) is 31.2 Å². The number of ether oxygens (including phenoxy) is 1. The molecule has 0 atom stereocenters. The van der Waals surface area contributed by atoms with E-state index in [1.165, 1.54) is 0 Å². The van der Waals surface area contributed by atoms with Crippen LogP contribution in [0.5, 0.6) is 0 Å². The topological polar surface area (TPSA) is 107 Å². The molecule has 0 bridgehead atoms. The van der Waals surface area contributed by atoms with Crippen LogP contribution in [0, 0.1) is 0 Å². The minimum atomic E-state index is -0.455. The van der Waals surface area contributed by atoms with Crippen molar-refractivity contribution in [3.8, 4) is 0 Å². The zero-order chi connectivity index (χ0) is 19.6. The van der Waals surface area contributed by atoms with E-state index in [1.807, 2.05) is 0 Å². The van der Waals surface area contributed by atoms with Crippen LogP contribution in [0.25, 0.3) is 0 Å². The monoisotopic (exact) mass is 400 g/mol. The van der Waals surface area contributed by atoms with Gasteiger partial charge in [-0.25, -0.2) is 4.79 Å². The number of esters is 1. The van der Waals surface area contributed by atoms with Crippen molar-refractivity contribution < 1.29 is 51.7 Å². The molecule has 0 saturated carbocycles. The van der Waals surface area contributed by atoms with E-state index in [9.17, 15) is 4.79 Å². The second-order valence-electron chi connectivity index (χ2n) is 4.87. The van der Waals surface area contributed by atoms with E-state index in [4.69, 9.17) is 20.4 Å². The van der Waals surface area contributed by atoms with Gasteiger partial charge in [0.15, 0.2) is 0 Å². The molecule has 0 aliphatic rings. The Kier molecular flexibility index (Phi) is 55.9. The molecule has 0 aliphatic heterocycles. The third-order valence-electron chi connectivity index (χ3n) is 2.21. The molecule has 0 rings (SSSR count). The molecule has 152 valence electrons. The maximum Gasteiger partial charge on any atom is 0.333 e. The first-order valence-corrected chi connectivity index (χ1v) is 8.69. The van der Waals surface area contributed by atoms with Gasteiger partial charge in [-0.15, -0.1) is 0 Å². The normalized spacial score (nSPS) is 8.16. The first-order chi connectivity index (χ1) is 11.4. The molecule has 0 aromatic rings. The molecule has 0 radical (unpaired) electrons. The van der Waals surface area contributed by atoms with Gasteiger partial charge in [0, 0.05) is 47.1 Å². The van der Waals surface area contributed by atoms with Gasteiger partial charge in [0.2, 0.25) is 0 Å². The number of hydrogen-bond acceptors (Lipinski definition) is 6. The molecule has 6 nitrogen and oxygen atoms in total. The molecule has 25 heavy (non-hydrogen) atoms. The van der Waals surface area contributed by atoms with Crippen LogP contribution in [0.1, 0.15) is 66.2 Å². The molecular weight excluding hydrogens is 360 g/mol. The summed E-state index contributed by atoms with van der Waals surface area (Å²) in [5.41, 5.74) is 0.350. The van der Waals surface area contributed by atoms with Gasteiger partial charge in [-0.2, -0.15) is 0 Å². The molecule has 0 aromatic carbocycles. The summed E-state index contributed by atoms with van der Waals surface area (Å²) in [4.78, 5) is 10.5. The molecule has 0 aliphatic carbocycles. The Balaban J connectivity index is -0.0000000733. The van der Waals surface area contributed by atoms with E-state index in [0.29, 0.717) is 25.4 Å². The maximum absolute atomic E-state index is 10.5. The van der Waals surface area contributed by atoms with E-state index < -0.39 is 5.97 Å². The van der Waals surface area contributed by atoms with E-state index in [2.05, 4.69) is 32.1 Å². The summed E-state index contributed by atoms with van der Waals surface area (Å²) in [5, 5.41) is 32.4. The van der Waals surface area contributed by atoms with Crippen LogP contribution in [-0.4, -0.2) is 59.4 Å². The fourth-order valence-corrected chi connectivity index (χ4v) is 0.736. The van der Waals surface area contributed by atoms with Gasteiger partial charge in [-0.05, 0) is 26.2 Å². The Hall–Kier alpha value is -0.236. The second kappa shape index (κ2) is 39.0. The number of carbonyl (C=O) groups excluding carboxylic acids is 1. The van der Waals surface area contributed by atoms with Gasteiger partial charge in [-0.3, -0.25) is 0 Å². The number of unbranched alkanes of at least 4 members (excludes halogenated alkanes) is 3. The predicted molar refractivity (Wildman–Crippen MR) is 98.8 cm³/mol. The number of aliphatic hydroxyl groups is 4. The van der Waals surface area contributed by atoms with Crippen molar-refractivity contribution >= 4 is 5.97 Å². The fraction of sp³-hybridized carbons (Fsp3) is 0.833. The Morgan fingerprint density at radius 3 is 1.24 bits per heavy atom. The van der Waals surface area contributed by atoms with Crippen molar-refractivity contribution in [1.29, 1.82) is 0 Å². The third-order valence-corrected chi connectivity index (χ3v) is 2.21. The van der Waals surface area contributed by atoms with Crippen molar-refractivity contribution in [2.45, 2.75) is 66.2 Å². The zero-order valence-corrected chi connectivity index (χ0v) is 18.2. The molecule has 0 amide bonds. The molecule has 4 N–H and O–H groups in total. The number of aliphatic hydroxyl groups excluding tert-OH is 4. The fourth-order valence-electron chi connectivity index (χ4n) is 0.736. The standard InChI is InChI=1S/C6H10O3.3C4H10O.Ti/c1-5(2)6(8)9-4-3-7;3*1-2-3-4-5;/h7H,1,3-4H2,2H3;3*5H,2-4H2,1H3;. The molecule has 0 aromatic heterocycles. The zero-order valence-electron chi connectivity index (χ0n) is 16.6. The Morgan fingerprint density at radius 2 is 1.12 bits per heavy atom. The van der Waals surface area contributed by atoms with Crippen LogP contribution in [0.4, 0.5) is 0 Å². The van der Waals surface area contributed by atoms with Crippen LogP contribution in [0.2, 0.25) is 0 Å². The van der Waals surface area contributed by atoms with Crippen molar-refractivity contribution in [3.05, 3.63) is 12.2 Å². The molecule has 0 spiro atoms. The smallest absolute Gasteiger partial charge is 0.333 e. The van der Waals surface area contributed by atoms with E-state index in [0.717, 1.165) is 38.5 Å². The number of carbonyl (C=O) groups is 1. The van der Waals surface area contributed by atoms with Crippen LogP contribution < -0.4 is 0 Å². The van der Waals surface area contributed by atoms with Gasteiger partial charge < -0.3 is 25.2 Å². The van der Waals surface area contributed by atoms with E-state index >= 15 is 0 Å². The molecule has 7 heteroatoms. The minimum absolute atomic E-state index is 0. The van der Waals surface area contributed by atoms with Crippen molar-refractivity contribution in [3.63, 3.8) is 0 Å². The summed E-state index contributed by atoms with van der Waals surface area (Å²) in [5.74, 6) is -0.455. The Bertz CT molecular complexity index is 217. The van der Waals surface area contributed by atoms with Crippen molar-refractivity contribution in [1.82, 2.24) is 0 Å². The summed E-state index contributed by atoms with van der Waals surface area (Å²) in [6, 6.07) is 0. The van der Waals surface area contributed by atoms with Crippen LogP contribution in [0.3, 0.4) is 0 Å². The second-order valence-corrected chi connectivity index (χ2v) is 4.87. The largest absolute Gasteiger partial charge is 0.460 e. The first kappa shape index (κ1) is 35.8. The number of hydrogen-bond donors (Lipinski definition) is 4. The number of rotatable bonds is 9. The van der Waals surface area contributed by atoms with Crippen molar-refractivity contribution in [2.24, 2.45) is 0 Å². The van der Waals surface area contributed by atoms with E-state index in [-0.39, 0.29) is 34.9 Å². The quantitative estimate of drug-likeness (QED) is 0.269. The van der Waals surface area contributed by atoms with Crippen LogP contribution >= 0.6 is 0 Å². The Labute approximate surface area is 169 Å². The predicted octanol–water partition coefficient (Wildman–Crippen LogP) is 2.43. The maximum atomic E-state index is 10.5. The molecule has 0 unspecified atom stereocenters. The first-order valence-electron chi connectivity index (χ1n) is 8.69. The van der Waals surface area contributed by atoms with Gasteiger partial charge in [-0.1, -0.05) is 46.6 Å². The molecule has 0 heterocycles. The molecule has 0 saturated heterocycles. The molecular formula is C18H40O6Ti. The Morgan fingerprint density at radius 1 is 0.800 bits per heavy atom. The average Bonchev–Trinajstić information content (AvgIpc) is 2.56. The summed E-state index contributed by atoms with van der Waals surface area (Å²) < 4.78 is 4.46. The van der Waals surface area contributed by atoms with Gasteiger partial charge in [0.25, 0.3) is 0 Å².